The molecular weight excluding hydrogens is 420 g/mol. The van der Waals surface area contributed by atoms with Crippen LogP contribution in [0.4, 0.5) is 0 Å². The van der Waals surface area contributed by atoms with E-state index >= 15 is 0 Å². The molecule has 0 bridgehead atoms. The van der Waals surface area contributed by atoms with Gasteiger partial charge in [0.1, 0.15) is 6.10 Å². The van der Waals surface area contributed by atoms with Crippen LogP contribution < -0.4 is 0 Å². The summed E-state index contributed by atoms with van der Waals surface area (Å²) in [7, 11) is 2.89. The summed E-state index contributed by atoms with van der Waals surface area (Å²) in [6, 6.07) is 27.3. The molecule has 0 radical (unpaired) electrons. The number of esters is 2. The largest absolute Gasteiger partial charge is 0.456 e. The molecule has 0 saturated heterocycles. The fourth-order valence-corrected chi connectivity index (χ4v) is 3.56. The highest BCUT2D eigenvalue weighted by Crippen LogP contribution is 2.29. The summed E-state index contributed by atoms with van der Waals surface area (Å²) < 4.78 is 22.3. The molecule has 3 aromatic carbocycles. The second kappa shape index (κ2) is 11.9. The maximum absolute atomic E-state index is 13.0. The van der Waals surface area contributed by atoms with Crippen LogP contribution in [0.25, 0.3) is 0 Å². The van der Waals surface area contributed by atoms with Gasteiger partial charge in [-0.25, -0.2) is 9.59 Å². The Hall–Kier alpha value is -3.48. The summed E-state index contributed by atoms with van der Waals surface area (Å²) >= 11 is 0. The highest BCUT2D eigenvalue weighted by atomic mass is 16.6. The van der Waals surface area contributed by atoms with Gasteiger partial charge in [0, 0.05) is 14.2 Å². The summed E-state index contributed by atoms with van der Waals surface area (Å²) in [6.07, 6.45) is -3.41. The smallest absolute Gasteiger partial charge is 0.340 e. The molecule has 4 atom stereocenters. The summed E-state index contributed by atoms with van der Waals surface area (Å²) in [6.45, 7) is 1.69. The quantitative estimate of drug-likeness (QED) is 0.408. The van der Waals surface area contributed by atoms with Gasteiger partial charge < -0.3 is 18.9 Å². The number of methoxy groups -OCH3 is 2. The van der Waals surface area contributed by atoms with Crippen molar-refractivity contribution in [3.8, 4) is 0 Å². The molecule has 0 fully saturated rings. The van der Waals surface area contributed by atoms with Crippen molar-refractivity contribution >= 4 is 11.9 Å². The number of ether oxygens (including phenoxy) is 4. The van der Waals surface area contributed by atoms with Gasteiger partial charge in [-0.3, -0.25) is 0 Å². The predicted molar refractivity (Wildman–Crippen MR) is 123 cm³/mol. The highest BCUT2D eigenvalue weighted by molar-refractivity contribution is 5.78. The number of rotatable bonds is 10. The van der Waals surface area contributed by atoms with E-state index in [4.69, 9.17) is 18.9 Å². The average molecular weight is 449 g/mol. The third-order valence-electron chi connectivity index (χ3n) is 5.20. The van der Waals surface area contributed by atoms with Gasteiger partial charge in [-0.2, -0.15) is 0 Å². The molecule has 0 saturated carbocycles. The molecule has 6 heteroatoms. The van der Waals surface area contributed by atoms with Crippen LogP contribution in [0.1, 0.15) is 41.9 Å². The van der Waals surface area contributed by atoms with E-state index in [0.717, 1.165) is 0 Å². The summed E-state index contributed by atoms with van der Waals surface area (Å²) in [4.78, 5) is 26.0. The Morgan fingerprint density at radius 2 is 0.939 bits per heavy atom. The van der Waals surface area contributed by atoms with Crippen molar-refractivity contribution < 1.29 is 28.5 Å². The van der Waals surface area contributed by atoms with Crippen molar-refractivity contribution in [3.63, 3.8) is 0 Å². The lowest BCUT2D eigenvalue weighted by atomic mass is 10.0. The lowest BCUT2D eigenvalue weighted by molar-refractivity contribution is -0.180. The van der Waals surface area contributed by atoms with Gasteiger partial charge in [-0.1, -0.05) is 91.0 Å². The first kappa shape index (κ1) is 24.2. The summed E-state index contributed by atoms with van der Waals surface area (Å²) in [5, 5.41) is 0. The second-order valence-corrected chi connectivity index (χ2v) is 7.46. The van der Waals surface area contributed by atoms with Gasteiger partial charge in [-0.05, 0) is 23.6 Å². The van der Waals surface area contributed by atoms with Gasteiger partial charge in [0.15, 0.2) is 18.3 Å². The molecule has 0 aliphatic carbocycles. The van der Waals surface area contributed by atoms with E-state index in [-0.39, 0.29) is 0 Å². The van der Waals surface area contributed by atoms with Gasteiger partial charge >= 0.3 is 11.9 Å². The van der Waals surface area contributed by atoms with Crippen LogP contribution in [0.15, 0.2) is 91.0 Å². The zero-order valence-electron chi connectivity index (χ0n) is 18.9. The minimum absolute atomic E-state index is 0.570. The van der Waals surface area contributed by atoms with Gasteiger partial charge in [-0.15, -0.1) is 0 Å². The standard InChI is InChI=1S/C27H28O6/c1-19(32-26(28)24(30-2)21-15-9-5-10-16-21)23(20-13-7-4-8-14-20)33-27(29)25(31-3)22-17-11-6-12-18-22/h4-19,23-25H,1-3H3/t19-,23+,24+,25+/m0/s1. The Kier molecular flexibility index (Phi) is 8.75. The van der Waals surface area contributed by atoms with Crippen molar-refractivity contribution in [1.29, 1.82) is 0 Å². The second-order valence-electron chi connectivity index (χ2n) is 7.46. The molecule has 0 amide bonds. The normalized spacial score (nSPS) is 14.5. The van der Waals surface area contributed by atoms with E-state index in [0.29, 0.717) is 16.7 Å². The number of hydrogen-bond acceptors (Lipinski definition) is 6. The van der Waals surface area contributed by atoms with Crippen LogP contribution >= 0.6 is 0 Å². The van der Waals surface area contributed by atoms with Crippen molar-refractivity contribution in [2.24, 2.45) is 0 Å². The van der Waals surface area contributed by atoms with Gasteiger partial charge in [0.05, 0.1) is 0 Å². The molecule has 0 heterocycles. The molecule has 0 spiro atoms. The van der Waals surface area contributed by atoms with Crippen LogP contribution in [0.5, 0.6) is 0 Å². The highest BCUT2D eigenvalue weighted by Gasteiger charge is 2.33. The minimum atomic E-state index is -0.906. The molecule has 0 aromatic heterocycles. The summed E-state index contributed by atoms with van der Waals surface area (Å²) in [5.41, 5.74) is 2.04. The van der Waals surface area contributed by atoms with E-state index in [1.165, 1.54) is 14.2 Å². The molecule has 6 nitrogen and oxygen atoms in total. The van der Waals surface area contributed by atoms with Crippen molar-refractivity contribution in [3.05, 3.63) is 108 Å². The Morgan fingerprint density at radius 1 is 0.576 bits per heavy atom. The molecule has 172 valence electrons. The fraction of sp³-hybridized carbons (Fsp3) is 0.259. The van der Waals surface area contributed by atoms with E-state index < -0.39 is 36.4 Å². The molecule has 3 aromatic rings. The maximum atomic E-state index is 13.0. The topological polar surface area (TPSA) is 71.1 Å². The maximum Gasteiger partial charge on any atom is 0.340 e. The zero-order chi connectivity index (χ0) is 23.6. The fourth-order valence-electron chi connectivity index (χ4n) is 3.56. The number of carbonyl (C=O) groups is 2. The van der Waals surface area contributed by atoms with Crippen LogP contribution in [0.2, 0.25) is 0 Å². The predicted octanol–water partition coefficient (Wildman–Crippen LogP) is 4.98. The molecule has 0 aliphatic heterocycles. The molecule has 0 N–H and O–H groups in total. The Morgan fingerprint density at radius 3 is 1.33 bits per heavy atom. The van der Waals surface area contributed by atoms with Crippen LogP contribution in [-0.2, 0) is 28.5 Å². The van der Waals surface area contributed by atoms with Gasteiger partial charge in [0.25, 0.3) is 0 Å². The first-order valence-corrected chi connectivity index (χ1v) is 10.7. The Labute approximate surface area is 194 Å². The van der Waals surface area contributed by atoms with Crippen LogP contribution in [-0.4, -0.2) is 32.3 Å². The molecule has 3 rings (SSSR count). The minimum Gasteiger partial charge on any atom is -0.456 e. The lowest BCUT2D eigenvalue weighted by Crippen LogP contribution is -2.31. The average Bonchev–Trinajstić information content (AvgIpc) is 2.85. The van der Waals surface area contributed by atoms with Gasteiger partial charge in [0.2, 0.25) is 0 Å². The summed E-state index contributed by atoms with van der Waals surface area (Å²) in [5.74, 6) is -1.15. The van der Waals surface area contributed by atoms with Crippen LogP contribution in [0.3, 0.4) is 0 Å². The van der Waals surface area contributed by atoms with Crippen LogP contribution in [0, 0.1) is 0 Å². The van der Waals surface area contributed by atoms with Crippen molar-refractivity contribution in [1.82, 2.24) is 0 Å². The SMILES string of the molecule is CO[C@@H](C(=O)O[C@@H](C)[C@@H](OC(=O)[C@H](OC)c1ccccc1)c1ccccc1)c1ccccc1. The first-order valence-electron chi connectivity index (χ1n) is 10.7. The lowest BCUT2D eigenvalue weighted by Gasteiger charge is -2.27. The van der Waals surface area contributed by atoms with E-state index in [9.17, 15) is 9.59 Å². The Balaban J connectivity index is 1.80. The van der Waals surface area contributed by atoms with Crippen molar-refractivity contribution in [2.45, 2.75) is 31.3 Å². The third-order valence-corrected chi connectivity index (χ3v) is 5.20. The van der Waals surface area contributed by atoms with E-state index in [2.05, 4.69) is 0 Å². The third kappa shape index (κ3) is 6.28. The number of benzene rings is 3. The number of hydrogen-bond donors (Lipinski definition) is 0. The molecule has 0 unspecified atom stereocenters. The first-order chi connectivity index (χ1) is 16.0. The van der Waals surface area contributed by atoms with E-state index in [1.807, 2.05) is 66.7 Å². The molecule has 33 heavy (non-hydrogen) atoms. The monoisotopic (exact) mass is 448 g/mol. The molecular formula is C27H28O6. The Bertz CT molecular complexity index is 1010. The van der Waals surface area contributed by atoms with Crippen molar-refractivity contribution in [2.75, 3.05) is 14.2 Å². The zero-order valence-corrected chi connectivity index (χ0v) is 18.9. The van der Waals surface area contributed by atoms with E-state index in [1.54, 1.807) is 31.2 Å². The molecule has 0 aliphatic rings. The number of carbonyl (C=O) groups excluding carboxylic acids is 2.